The average Bonchev–Trinajstić information content (AvgIpc) is 2.78. The molecule has 0 saturated heterocycles. The lowest BCUT2D eigenvalue weighted by molar-refractivity contribution is -0.141. The number of carbonyl (C=O) groups excluding carboxylic acids is 2. The van der Waals surface area contributed by atoms with E-state index in [-0.39, 0.29) is 30.8 Å². The molecule has 0 spiro atoms. The van der Waals surface area contributed by atoms with Gasteiger partial charge in [-0.3, -0.25) is 9.59 Å². The summed E-state index contributed by atoms with van der Waals surface area (Å²) in [7, 11) is 0. The van der Waals surface area contributed by atoms with Crippen molar-refractivity contribution in [3.05, 3.63) is 57.6 Å². The zero-order valence-electron chi connectivity index (χ0n) is 19.2. The van der Waals surface area contributed by atoms with Gasteiger partial charge in [0.25, 0.3) is 0 Å². The maximum Gasteiger partial charge on any atom is 0.243 e. The minimum atomic E-state index is -0.605. The van der Waals surface area contributed by atoms with Gasteiger partial charge in [0.1, 0.15) is 19.3 Å². The highest BCUT2D eigenvalue weighted by molar-refractivity contribution is 6.35. The standard InChI is InChI=1S/C25H30Cl2N2O4/c1-4-21(25(31)28-16(2)3)29(15-18-7-8-19(26)14-20(18)27)24(30)10-6-17-5-9-22-23(13-17)33-12-11-32-22/h5,7-9,13-14,16,21H,4,6,10-12,15H2,1-3H3,(H,28,31)/t21-/m1/s1. The summed E-state index contributed by atoms with van der Waals surface area (Å²) in [5.74, 6) is 1.11. The third-order valence-corrected chi connectivity index (χ3v) is 5.99. The van der Waals surface area contributed by atoms with E-state index in [0.717, 1.165) is 11.1 Å². The van der Waals surface area contributed by atoms with Gasteiger partial charge < -0.3 is 19.7 Å². The molecule has 0 fully saturated rings. The van der Waals surface area contributed by atoms with Crippen molar-refractivity contribution in [1.29, 1.82) is 0 Å². The molecule has 2 aromatic rings. The predicted molar refractivity (Wildman–Crippen MR) is 130 cm³/mol. The normalized spacial score (nSPS) is 13.5. The number of ether oxygens (including phenoxy) is 2. The molecular weight excluding hydrogens is 463 g/mol. The number of nitrogens with zero attached hydrogens (tertiary/aromatic N) is 1. The molecule has 1 heterocycles. The first-order chi connectivity index (χ1) is 15.8. The van der Waals surface area contributed by atoms with Crippen LogP contribution < -0.4 is 14.8 Å². The van der Waals surface area contributed by atoms with Gasteiger partial charge in [0.2, 0.25) is 11.8 Å². The molecule has 33 heavy (non-hydrogen) atoms. The van der Waals surface area contributed by atoms with E-state index in [1.165, 1.54) is 0 Å². The second-order valence-electron chi connectivity index (χ2n) is 8.32. The highest BCUT2D eigenvalue weighted by atomic mass is 35.5. The summed E-state index contributed by atoms with van der Waals surface area (Å²) in [4.78, 5) is 27.9. The molecule has 0 aromatic heterocycles. The Balaban J connectivity index is 1.79. The molecule has 1 atom stereocenters. The van der Waals surface area contributed by atoms with Gasteiger partial charge in [0.05, 0.1) is 0 Å². The summed E-state index contributed by atoms with van der Waals surface area (Å²) in [5, 5.41) is 3.91. The van der Waals surface area contributed by atoms with E-state index in [9.17, 15) is 9.59 Å². The van der Waals surface area contributed by atoms with Crippen molar-refractivity contribution >= 4 is 35.0 Å². The highest BCUT2D eigenvalue weighted by Crippen LogP contribution is 2.31. The van der Waals surface area contributed by atoms with Gasteiger partial charge in [-0.15, -0.1) is 0 Å². The molecule has 0 saturated carbocycles. The van der Waals surface area contributed by atoms with E-state index in [2.05, 4.69) is 5.32 Å². The first-order valence-electron chi connectivity index (χ1n) is 11.2. The lowest BCUT2D eigenvalue weighted by Gasteiger charge is -2.31. The Morgan fingerprint density at radius 2 is 1.79 bits per heavy atom. The van der Waals surface area contributed by atoms with Gasteiger partial charge >= 0.3 is 0 Å². The fourth-order valence-corrected chi connectivity index (χ4v) is 4.24. The third kappa shape index (κ3) is 6.78. The molecule has 0 radical (unpaired) electrons. The van der Waals surface area contributed by atoms with Gasteiger partial charge in [0.15, 0.2) is 11.5 Å². The predicted octanol–water partition coefficient (Wildman–Crippen LogP) is 5.03. The minimum absolute atomic E-state index is 0.0275. The fraction of sp³-hybridized carbons (Fsp3) is 0.440. The molecule has 0 bridgehead atoms. The topological polar surface area (TPSA) is 67.9 Å². The van der Waals surface area contributed by atoms with Crippen LogP contribution in [0, 0.1) is 0 Å². The first kappa shape index (κ1) is 25.2. The Hall–Kier alpha value is -2.44. The molecule has 3 rings (SSSR count). The number of aryl methyl sites for hydroxylation is 1. The van der Waals surface area contributed by atoms with Gasteiger partial charge in [0, 0.05) is 29.1 Å². The van der Waals surface area contributed by atoms with Crippen LogP contribution in [-0.2, 0) is 22.6 Å². The summed E-state index contributed by atoms with van der Waals surface area (Å²) >= 11 is 12.4. The molecule has 2 amide bonds. The summed E-state index contributed by atoms with van der Waals surface area (Å²) in [6.07, 6.45) is 1.25. The van der Waals surface area contributed by atoms with Crippen molar-refractivity contribution in [1.82, 2.24) is 10.2 Å². The minimum Gasteiger partial charge on any atom is -0.486 e. The Labute approximate surface area is 205 Å². The van der Waals surface area contributed by atoms with Crippen LogP contribution in [0.5, 0.6) is 11.5 Å². The monoisotopic (exact) mass is 492 g/mol. The van der Waals surface area contributed by atoms with E-state index in [1.807, 2.05) is 39.0 Å². The lowest BCUT2D eigenvalue weighted by atomic mass is 10.1. The van der Waals surface area contributed by atoms with Crippen molar-refractivity contribution in [3.8, 4) is 11.5 Å². The Morgan fingerprint density at radius 1 is 1.06 bits per heavy atom. The number of hydrogen-bond acceptors (Lipinski definition) is 4. The van der Waals surface area contributed by atoms with Crippen LogP contribution in [-0.4, -0.2) is 42.0 Å². The Kier molecular flexibility index (Phi) is 8.87. The molecule has 178 valence electrons. The number of hydrogen-bond donors (Lipinski definition) is 1. The quantitative estimate of drug-likeness (QED) is 0.532. The maximum atomic E-state index is 13.4. The number of halogens is 2. The summed E-state index contributed by atoms with van der Waals surface area (Å²) < 4.78 is 11.2. The van der Waals surface area contributed by atoms with Crippen molar-refractivity contribution in [3.63, 3.8) is 0 Å². The van der Waals surface area contributed by atoms with Gasteiger partial charge in [-0.1, -0.05) is 42.3 Å². The van der Waals surface area contributed by atoms with E-state index >= 15 is 0 Å². The summed E-state index contributed by atoms with van der Waals surface area (Å²) in [6.45, 7) is 6.95. The van der Waals surface area contributed by atoms with Crippen molar-refractivity contribution in [2.45, 2.75) is 58.7 Å². The van der Waals surface area contributed by atoms with Crippen LogP contribution in [0.2, 0.25) is 10.0 Å². The molecule has 1 N–H and O–H groups in total. The van der Waals surface area contributed by atoms with E-state index < -0.39 is 6.04 Å². The zero-order valence-corrected chi connectivity index (χ0v) is 20.7. The second kappa shape index (κ2) is 11.6. The van der Waals surface area contributed by atoms with Gasteiger partial charge in [-0.05, 0) is 62.1 Å². The fourth-order valence-electron chi connectivity index (χ4n) is 3.77. The lowest BCUT2D eigenvalue weighted by Crippen LogP contribution is -2.50. The average molecular weight is 493 g/mol. The SMILES string of the molecule is CC[C@H](C(=O)NC(C)C)N(Cc1ccc(Cl)cc1Cl)C(=O)CCc1ccc2c(c1)OCCO2. The van der Waals surface area contributed by atoms with Crippen LogP contribution >= 0.6 is 23.2 Å². The summed E-state index contributed by atoms with van der Waals surface area (Å²) in [5.41, 5.74) is 1.71. The molecule has 8 heteroatoms. The maximum absolute atomic E-state index is 13.4. The third-order valence-electron chi connectivity index (χ3n) is 5.41. The molecule has 2 aromatic carbocycles. The number of carbonyl (C=O) groups is 2. The van der Waals surface area contributed by atoms with Crippen molar-refractivity contribution in [2.75, 3.05) is 13.2 Å². The summed E-state index contributed by atoms with van der Waals surface area (Å²) in [6, 6.07) is 10.2. The number of nitrogens with one attached hydrogen (secondary N) is 1. The van der Waals surface area contributed by atoms with Crippen molar-refractivity contribution < 1.29 is 19.1 Å². The number of benzene rings is 2. The molecule has 1 aliphatic rings. The Bertz CT molecular complexity index is 996. The van der Waals surface area contributed by atoms with Gasteiger partial charge in [-0.25, -0.2) is 0 Å². The number of rotatable bonds is 9. The molecule has 0 aliphatic carbocycles. The number of amides is 2. The second-order valence-corrected chi connectivity index (χ2v) is 9.17. The van der Waals surface area contributed by atoms with Crippen LogP contribution in [0.4, 0.5) is 0 Å². The van der Waals surface area contributed by atoms with Crippen molar-refractivity contribution in [2.24, 2.45) is 0 Å². The highest BCUT2D eigenvalue weighted by Gasteiger charge is 2.29. The van der Waals surface area contributed by atoms with E-state index in [0.29, 0.717) is 47.6 Å². The number of fused-ring (bicyclic) bond motifs is 1. The smallest absolute Gasteiger partial charge is 0.243 e. The molecule has 0 unspecified atom stereocenters. The molecule has 6 nitrogen and oxygen atoms in total. The van der Waals surface area contributed by atoms with Crippen LogP contribution in [0.15, 0.2) is 36.4 Å². The molecular formula is C25H30Cl2N2O4. The zero-order chi connectivity index (χ0) is 24.0. The van der Waals surface area contributed by atoms with E-state index in [4.69, 9.17) is 32.7 Å². The van der Waals surface area contributed by atoms with Crippen LogP contribution in [0.3, 0.4) is 0 Å². The van der Waals surface area contributed by atoms with Gasteiger partial charge in [-0.2, -0.15) is 0 Å². The van der Waals surface area contributed by atoms with Crippen LogP contribution in [0.25, 0.3) is 0 Å². The van der Waals surface area contributed by atoms with Crippen LogP contribution in [0.1, 0.15) is 44.7 Å². The molecule has 1 aliphatic heterocycles. The largest absolute Gasteiger partial charge is 0.486 e. The Morgan fingerprint density at radius 3 is 2.45 bits per heavy atom. The first-order valence-corrected chi connectivity index (χ1v) is 12.0. The van der Waals surface area contributed by atoms with E-state index in [1.54, 1.807) is 23.1 Å².